The molecule has 0 aromatic rings. The van der Waals surface area contributed by atoms with Gasteiger partial charge in [0, 0.05) is 19.1 Å². The van der Waals surface area contributed by atoms with Gasteiger partial charge in [0.25, 0.3) is 0 Å². The van der Waals surface area contributed by atoms with Crippen molar-refractivity contribution < 1.29 is 4.79 Å². The van der Waals surface area contributed by atoms with Crippen LogP contribution in [0.15, 0.2) is 12.2 Å². The summed E-state index contributed by atoms with van der Waals surface area (Å²) in [6.45, 7) is 6.45. The van der Waals surface area contributed by atoms with Crippen LogP contribution in [0.1, 0.15) is 39.5 Å². The molecule has 3 nitrogen and oxygen atoms in total. The molecular formula is C15H26N2O. The molecule has 0 aromatic carbocycles. The third-order valence-corrected chi connectivity index (χ3v) is 4.46. The van der Waals surface area contributed by atoms with Crippen molar-refractivity contribution in [1.29, 1.82) is 0 Å². The van der Waals surface area contributed by atoms with Gasteiger partial charge in [0.2, 0.25) is 5.91 Å². The van der Waals surface area contributed by atoms with Crippen molar-refractivity contribution in [3.05, 3.63) is 12.2 Å². The van der Waals surface area contributed by atoms with Gasteiger partial charge in [0.05, 0.1) is 5.92 Å². The van der Waals surface area contributed by atoms with Crippen molar-refractivity contribution in [2.45, 2.75) is 45.6 Å². The SMILES string of the molecule is CC(C)C1CCCN(C(=O)C2C=CC(N)C2)CC1. The summed E-state index contributed by atoms with van der Waals surface area (Å²) in [6.07, 6.45) is 8.34. The Balaban J connectivity index is 1.90. The second-order valence-electron chi connectivity index (χ2n) is 6.15. The number of carbonyl (C=O) groups is 1. The molecule has 1 aliphatic heterocycles. The Morgan fingerprint density at radius 2 is 2.06 bits per heavy atom. The van der Waals surface area contributed by atoms with Crippen LogP contribution in [0.3, 0.4) is 0 Å². The van der Waals surface area contributed by atoms with Gasteiger partial charge in [-0.3, -0.25) is 4.79 Å². The molecule has 0 aromatic heterocycles. The smallest absolute Gasteiger partial charge is 0.229 e. The van der Waals surface area contributed by atoms with Crippen LogP contribution in [-0.4, -0.2) is 29.9 Å². The quantitative estimate of drug-likeness (QED) is 0.764. The molecule has 1 amide bonds. The van der Waals surface area contributed by atoms with Gasteiger partial charge in [-0.1, -0.05) is 26.0 Å². The molecule has 3 heteroatoms. The van der Waals surface area contributed by atoms with Crippen LogP contribution in [0, 0.1) is 17.8 Å². The molecule has 1 aliphatic carbocycles. The zero-order chi connectivity index (χ0) is 13.1. The largest absolute Gasteiger partial charge is 0.342 e. The molecule has 2 rings (SSSR count). The lowest BCUT2D eigenvalue weighted by Crippen LogP contribution is -2.36. The molecule has 0 saturated carbocycles. The first-order valence-electron chi connectivity index (χ1n) is 7.30. The van der Waals surface area contributed by atoms with Gasteiger partial charge in [-0.05, 0) is 37.5 Å². The molecule has 1 fully saturated rings. The third kappa shape index (κ3) is 3.14. The van der Waals surface area contributed by atoms with Crippen molar-refractivity contribution in [2.75, 3.05) is 13.1 Å². The predicted octanol–water partition coefficient (Wildman–Crippen LogP) is 2.17. The number of hydrogen-bond donors (Lipinski definition) is 1. The van der Waals surface area contributed by atoms with E-state index in [1.807, 2.05) is 12.2 Å². The number of nitrogens with two attached hydrogens (primary N) is 1. The molecule has 3 atom stereocenters. The van der Waals surface area contributed by atoms with Crippen molar-refractivity contribution in [1.82, 2.24) is 4.90 Å². The van der Waals surface area contributed by atoms with E-state index in [2.05, 4.69) is 18.7 Å². The van der Waals surface area contributed by atoms with E-state index in [4.69, 9.17) is 5.73 Å². The summed E-state index contributed by atoms with van der Waals surface area (Å²) in [5, 5.41) is 0. The number of amides is 1. The summed E-state index contributed by atoms with van der Waals surface area (Å²) in [5.74, 6) is 1.85. The molecule has 3 unspecified atom stereocenters. The van der Waals surface area contributed by atoms with Crippen LogP contribution in [0.4, 0.5) is 0 Å². The Bertz CT molecular complexity index is 324. The first kappa shape index (κ1) is 13.6. The summed E-state index contributed by atoms with van der Waals surface area (Å²) in [4.78, 5) is 14.5. The molecule has 18 heavy (non-hydrogen) atoms. The van der Waals surface area contributed by atoms with E-state index < -0.39 is 0 Å². The van der Waals surface area contributed by atoms with Crippen molar-refractivity contribution in [3.8, 4) is 0 Å². The highest BCUT2D eigenvalue weighted by molar-refractivity contribution is 5.81. The second-order valence-corrected chi connectivity index (χ2v) is 6.15. The van der Waals surface area contributed by atoms with Crippen molar-refractivity contribution in [2.24, 2.45) is 23.5 Å². The van der Waals surface area contributed by atoms with E-state index >= 15 is 0 Å². The van der Waals surface area contributed by atoms with E-state index in [1.54, 1.807) is 0 Å². The van der Waals surface area contributed by atoms with E-state index in [1.165, 1.54) is 6.42 Å². The molecule has 0 bridgehead atoms. The van der Waals surface area contributed by atoms with E-state index in [9.17, 15) is 4.79 Å². The normalized spacial score (nSPS) is 32.9. The van der Waals surface area contributed by atoms with Gasteiger partial charge < -0.3 is 10.6 Å². The molecular weight excluding hydrogens is 224 g/mol. The highest BCUT2D eigenvalue weighted by Crippen LogP contribution is 2.26. The van der Waals surface area contributed by atoms with E-state index in [0.717, 1.165) is 44.2 Å². The predicted molar refractivity (Wildman–Crippen MR) is 74.0 cm³/mol. The minimum atomic E-state index is 0.0376. The minimum absolute atomic E-state index is 0.0376. The maximum absolute atomic E-state index is 12.4. The average molecular weight is 250 g/mol. The van der Waals surface area contributed by atoms with Gasteiger partial charge in [0.1, 0.15) is 0 Å². The topological polar surface area (TPSA) is 46.3 Å². The van der Waals surface area contributed by atoms with Crippen LogP contribution >= 0.6 is 0 Å². The van der Waals surface area contributed by atoms with Gasteiger partial charge in [-0.25, -0.2) is 0 Å². The van der Waals surface area contributed by atoms with Crippen LogP contribution in [0.2, 0.25) is 0 Å². The highest BCUT2D eigenvalue weighted by atomic mass is 16.2. The number of hydrogen-bond acceptors (Lipinski definition) is 2. The van der Waals surface area contributed by atoms with Crippen LogP contribution < -0.4 is 5.73 Å². The molecule has 0 radical (unpaired) electrons. The highest BCUT2D eigenvalue weighted by Gasteiger charge is 2.29. The standard InChI is InChI=1S/C15H26N2O/c1-11(2)12-4-3-8-17(9-7-12)15(18)13-5-6-14(16)10-13/h5-6,11-14H,3-4,7-10,16H2,1-2H3. The Morgan fingerprint density at radius 1 is 1.28 bits per heavy atom. The maximum Gasteiger partial charge on any atom is 0.229 e. The Labute approximate surface area is 110 Å². The molecule has 1 heterocycles. The van der Waals surface area contributed by atoms with Gasteiger partial charge in [0.15, 0.2) is 0 Å². The van der Waals surface area contributed by atoms with Crippen LogP contribution in [0.25, 0.3) is 0 Å². The zero-order valence-corrected chi connectivity index (χ0v) is 11.6. The fraction of sp³-hybridized carbons (Fsp3) is 0.800. The molecule has 2 N–H and O–H groups in total. The molecule has 2 aliphatic rings. The van der Waals surface area contributed by atoms with Crippen LogP contribution in [0.5, 0.6) is 0 Å². The number of nitrogens with zero attached hydrogens (tertiary/aromatic N) is 1. The van der Waals surface area contributed by atoms with Crippen molar-refractivity contribution in [3.63, 3.8) is 0 Å². The Kier molecular flexibility index (Phi) is 4.44. The Hall–Kier alpha value is -0.830. The molecule has 0 spiro atoms. The van der Waals surface area contributed by atoms with E-state index in [0.29, 0.717) is 5.91 Å². The fourth-order valence-corrected chi connectivity index (χ4v) is 3.15. The first-order chi connectivity index (χ1) is 8.58. The number of carbonyl (C=O) groups excluding carboxylic acids is 1. The second kappa shape index (κ2) is 5.87. The summed E-state index contributed by atoms with van der Waals surface area (Å²) < 4.78 is 0. The minimum Gasteiger partial charge on any atom is -0.342 e. The van der Waals surface area contributed by atoms with Gasteiger partial charge in [-0.2, -0.15) is 0 Å². The monoisotopic (exact) mass is 250 g/mol. The number of rotatable bonds is 2. The zero-order valence-electron chi connectivity index (χ0n) is 11.6. The number of likely N-dealkylation sites (tertiary alicyclic amines) is 1. The van der Waals surface area contributed by atoms with Gasteiger partial charge >= 0.3 is 0 Å². The van der Waals surface area contributed by atoms with E-state index in [-0.39, 0.29) is 12.0 Å². The lowest BCUT2D eigenvalue weighted by atomic mass is 9.89. The van der Waals surface area contributed by atoms with Crippen LogP contribution in [-0.2, 0) is 4.79 Å². The summed E-state index contributed by atoms with van der Waals surface area (Å²) in [5.41, 5.74) is 5.83. The molecule has 1 saturated heterocycles. The average Bonchev–Trinajstić information content (AvgIpc) is 2.63. The lowest BCUT2D eigenvalue weighted by molar-refractivity contribution is -0.134. The summed E-state index contributed by atoms with van der Waals surface area (Å²) in [7, 11) is 0. The third-order valence-electron chi connectivity index (χ3n) is 4.46. The fourth-order valence-electron chi connectivity index (χ4n) is 3.15. The maximum atomic E-state index is 12.4. The summed E-state index contributed by atoms with van der Waals surface area (Å²) >= 11 is 0. The summed E-state index contributed by atoms with van der Waals surface area (Å²) in [6, 6.07) is 0.0781. The Morgan fingerprint density at radius 3 is 2.67 bits per heavy atom. The lowest BCUT2D eigenvalue weighted by Gasteiger charge is -2.24. The molecule has 102 valence electrons. The first-order valence-corrected chi connectivity index (χ1v) is 7.30. The van der Waals surface area contributed by atoms with Gasteiger partial charge in [-0.15, -0.1) is 0 Å². The van der Waals surface area contributed by atoms with Crippen molar-refractivity contribution >= 4 is 5.91 Å².